The molecule has 0 saturated heterocycles. The summed E-state index contributed by atoms with van der Waals surface area (Å²) in [6, 6.07) is 1.79. The highest BCUT2D eigenvalue weighted by molar-refractivity contribution is 6.59. The van der Waals surface area contributed by atoms with Crippen LogP contribution in [0.4, 0.5) is 13.2 Å². The summed E-state index contributed by atoms with van der Waals surface area (Å²) in [5.74, 6) is -1.33. The minimum Gasteiger partial charge on any atom is -0.481 e. The Bertz CT molecular complexity index is 435. The highest BCUT2D eigenvalue weighted by Gasteiger charge is 2.38. The zero-order valence-electron chi connectivity index (χ0n) is 8.27. The van der Waals surface area contributed by atoms with Gasteiger partial charge >= 0.3 is 19.3 Å². The van der Waals surface area contributed by atoms with E-state index in [1.165, 1.54) is 0 Å². The van der Waals surface area contributed by atoms with Crippen molar-refractivity contribution >= 4 is 18.6 Å². The topological polar surface area (TPSA) is 90.7 Å². The van der Waals surface area contributed by atoms with Gasteiger partial charge in [0.25, 0.3) is 0 Å². The van der Waals surface area contributed by atoms with Gasteiger partial charge in [0, 0.05) is 5.46 Å². The summed E-state index contributed by atoms with van der Waals surface area (Å²) in [5.41, 5.74) is -2.62. The number of nitrogens with zero attached hydrogens (tertiary/aromatic N) is 1. The highest BCUT2D eigenvalue weighted by atomic mass is 19.4. The summed E-state index contributed by atoms with van der Waals surface area (Å²) in [6.45, 7) is 0. The maximum absolute atomic E-state index is 12.5. The predicted molar refractivity (Wildman–Crippen MR) is 50.4 cm³/mol. The van der Waals surface area contributed by atoms with Crippen LogP contribution < -0.4 is 5.46 Å². The van der Waals surface area contributed by atoms with Gasteiger partial charge in [0.1, 0.15) is 5.69 Å². The molecule has 0 amide bonds. The fourth-order valence-corrected chi connectivity index (χ4v) is 1.20. The lowest BCUT2D eigenvalue weighted by Crippen LogP contribution is -2.37. The summed E-state index contributed by atoms with van der Waals surface area (Å²) in [6.07, 6.45) is -5.56. The number of pyridine rings is 1. The van der Waals surface area contributed by atoms with Crippen molar-refractivity contribution in [2.24, 2.45) is 0 Å². The molecule has 0 aliphatic heterocycles. The number of alkyl halides is 3. The number of carbonyl (C=O) groups is 1. The Labute approximate surface area is 93.7 Å². The predicted octanol–water partition coefficient (Wildman–Crippen LogP) is -0.593. The second-order valence-corrected chi connectivity index (χ2v) is 3.18. The molecule has 0 aromatic carbocycles. The third-order valence-corrected chi connectivity index (χ3v) is 1.86. The molecule has 0 aliphatic rings. The molecular weight excluding hydrogens is 242 g/mol. The molecule has 0 fully saturated rings. The van der Waals surface area contributed by atoms with E-state index in [4.69, 9.17) is 15.2 Å². The van der Waals surface area contributed by atoms with E-state index in [2.05, 4.69) is 4.98 Å². The fourth-order valence-electron chi connectivity index (χ4n) is 1.20. The van der Waals surface area contributed by atoms with Crippen LogP contribution in [0, 0.1) is 0 Å². The Hall–Kier alpha value is -1.61. The van der Waals surface area contributed by atoms with Gasteiger partial charge in [-0.15, -0.1) is 0 Å². The number of hydrogen-bond acceptors (Lipinski definition) is 4. The van der Waals surface area contributed by atoms with Crippen LogP contribution in [0.15, 0.2) is 12.1 Å². The van der Waals surface area contributed by atoms with Crippen molar-refractivity contribution in [2.45, 2.75) is 12.6 Å². The van der Waals surface area contributed by atoms with Gasteiger partial charge in [0.2, 0.25) is 0 Å². The van der Waals surface area contributed by atoms with Crippen LogP contribution in [0.25, 0.3) is 0 Å². The van der Waals surface area contributed by atoms with Crippen molar-refractivity contribution in [2.75, 3.05) is 0 Å². The van der Waals surface area contributed by atoms with E-state index in [-0.39, 0.29) is 5.69 Å². The van der Waals surface area contributed by atoms with Gasteiger partial charge in [-0.1, -0.05) is 6.07 Å². The molecule has 0 bridgehead atoms. The van der Waals surface area contributed by atoms with Crippen LogP contribution in [-0.4, -0.2) is 33.2 Å². The van der Waals surface area contributed by atoms with Gasteiger partial charge in [-0.25, -0.2) is 4.98 Å². The van der Waals surface area contributed by atoms with E-state index in [1.54, 1.807) is 0 Å². The third kappa shape index (κ3) is 3.43. The van der Waals surface area contributed by atoms with Crippen molar-refractivity contribution in [1.82, 2.24) is 4.98 Å². The number of rotatable bonds is 3. The smallest absolute Gasteiger partial charge is 0.481 e. The zero-order valence-corrected chi connectivity index (χ0v) is 8.27. The molecule has 17 heavy (non-hydrogen) atoms. The lowest BCUT2D eigenvalue weighted by atomic mass is 9.78. The molecule has 1 aromatic heterocycles. The molecule has 92 valence electrons. The normalized spacial score (nSPS) is 11.4. The van der Waals surface area contributed by atoms with Crippen LogP contribution in [-0.2, 0) is 17.4 Å². The minimum absolute atomic E-state index is 0.311. The molecule has 5 nitrogen and oxygen atoms in total. The minimum atomic E-state index is -4.88. The SMILES string of the molecule is O=C(O)Cc1ccc(B(O)O)c(C(F)(F)F)n1. The standard InChI is InChI=1S/C8H7BF3NO4/c10-8(11,12)7-5(9(16)17)2-1-4(13-7)3-6(14)15/h1-2,16-17H,3H2,(H,14,15). The van der Waals surface area contributed by atoms with Gasteiger partial charge in [-0.3, -0.25) is 4.79 Å². The molecule has 0 radical (unpaired) electrons. The van der Waals surface area contributed by atoms with E-state index in [9.17, 15) is 18.0 Å². The van der Waals surface area contributed by atoms with E-state index in [0.717, 1.165) is 12.1 Å². The summed E-state index contributed by atoms with van der Waals surface area (Å²) >= 11 is 0. The monoisotopic (exact) mass is 249 g/mol. The third-order valence-electron chi connectivity index (χ3n) is 1.86. The molecular formula is C8H7BF3NO4. The largest absolute Gasteiger partial charge is 0.490 e. The summed E-state index contributed by atoms with van der Waals surface area (Å²) in [7, 11) is -2.32. The fraction of sp³-hybridized carbons (Fsp3) is 0.250. The van der Waals surface area contributed by atoms with Gasteiger partial charge < -0.3 is 15.2 Å². The number of halogens is 3. The summed E-state index contributed by atoms with van der Waals surface area (Å²) in [5, 5.41) is 25.9. The van der Waals surface area contributed by atoms with Crippen molar-refractivity contribution in [3.8, 4) is 0 Å². The van der Waals surface area contributed by atoms with E-state index in [1.807, 2.05) is 0 Å². The Balaban J connectivity index is 3.24. The van der Waals surface area contributed by atoms with Gasteiger partial charge in [0.15, 0.2) is 0 Å². The van der Waals surface area contributed by atoms with E-state index < -0.39 is 36.8 Å². The maximum Gasteiger partial charge on any atom is 0.490 e. The molecule has 0 unspecified atom stereocenters. The number of carboxylic acids is 1. The molecule has 0 spiro atoms. The molecule has 1 heterocycles. The average molecular weight is 249 g/mol. The van der Waals surface area contributed by atoms with E-state index in [0.29, 0.717) is 0 Å². The first-order chi connectivity index (χ1) is 7.71. The van der Waals surface area contributed by atoms with Crippen molar-refractivity contribution in [1.29, 1.82) is 0 Å². The Morgan fingerprint density at radius 2 is 1.94 bits per heavy atom. The van der Waals surface area contributed by atoms with Crippen LogP contribution in [0.2, 0.25) is 0 Å². The lowest BCUT2D eigenvalue weighted by Gasteiger charge is -2.12. The number of carboxylic acid groups (broad SMARTS) is 1. The summed E-state index contributed by atoms with van der Waals surface area (Å²) < 4.78 is 37.5. The van der Waals surface area contributed by atoms with Gasteiger partial charge in [0.05, 0.1) is 12.1 Å². The second-order valence-electron chi connectivity index (χ2n) is 3.18. The van der Waals surface area contributed by atoms with Crippen LogP contribution in [0.1, 0.15) is 11.4 Å². The first-order valence-corrected chi connectivity index (χ1v) is 4.36. The second kappa shape index (κ2) is 4.72. The number of aliphatic carboxylic acids is 1. The Morgan fingerprint density at radius 1 is 1.35 bits per heavy atom. The molecule has 0 aliphatic carbocycles. The average Bonchev–Trinajstić information content (AvgIpc) is 2.14. The van der Waals surface area contributed by atoms with E-state index >= 15 is 0 Å². The van der Waals surface area contributed by atoms with Gasteiger partial charge in [-0.05, 0) is 6.07 Å². The number of aromatic nitrogens is 1. The summed E-state index contributed by atoms with van der Waals surface area (Å²) in [4.78, 5) is 13.4. The van der Waals surface area contributed by atoms with Crippen LogP contribution in [0.3, 0.4) is 0 Å². The van der Waals surface area contributed by atoms with Crippen molar-refractivity contribution in [3.63, 3.8) is 0 Å². The quantitative estimate of drug-likeness (QED) is 0.622. The zero-order chi connectivity index (χ0) is 13.2. The molecule has 1 aromatic rings. The van der Waals surface area contributed by atoms with Crippen molar-refractivity contribution < 1.29 is 33.1 Å². The maximum atomic E-state index is 12.5. The van der Waals surface area contributed by atoms with Crippen LogP contribution in [0.5, 0.6) is 0 Å². The highest BCUT2D eigenvalue weighted by Crippen LogP contribution is 2.26. The van der Waals surface area contributed by atoms with Crippen LogP contribution >= 0.6 is 0 Å². The first-order valence-electron chi connectivity index (χ1n) is 4.36. The molecule has 3 N–H and O–H groups in total. The Morgan fingerprint density at radius 3 is 2.35 bits per heavy atom. The number of hydrogen-bond donors (Lipinski definition) is 3. The molecule has 0 atom stereocenters. The molecule has 9 heteroatoms. The Kier molecular flexibility index (Phi) is 3.74. The molecule has 0 saturated carbocycles. The van der Waals surface area contributed by atoms with Crippen molar-refractivity contribution in [3.05, 3.63) is 23.5 Å². The first kappa shape index (κ1) is 13.5. The lowest BCUT2D eigenvalue weighted by molar-refractivity contribution is -0.141. The molecule has 1 rings (SSSR count). The van der Waals surface area contributed by atoms with Gasteiger partial charge in [-0.2, -0.15) is 13.2 Å².